The van der Waals surface area contributed by atoms with Crippen LogP contribution in [0, 0.1) is 17.1 Å². The molecule has 10 heteroatoms. The Labute approximate surface area is 224 Å². The summed E-state index contributed by atoms with van der Waals surface area (Å²) in [6.07, 6.45) is 1.62. The lowest BCUT2D eigenvalue weighted by atomic mass is 10.00. The van der Waals surface area contributed by atoms with Gasteiger partial charge in [-0.05, 0) is 63.6 Å². The predicted molar refractivity (Wildman–Crippen MR) is 142 cm³/mol. The van der Waals surface area contributed by atoms with Crippen molar-refractivity contribution in [1.29, 1.82) is 5.26 Å². The van der Waals surface area contributed by atoms with Crippen LogP contribution in [0.5, 0.6) is 5.75 Å². The average Bonchev–Trinajstić information content (AvgIpc) is 2.84. The summed E-state index contributed by atoms with van der Waals surface area (Å²) in [6.45, 7) is 6.73. The summed E-state index contributed by atoms with van der Waals surface area (Å²) in [5.41, 5.74) is -0.407. The minimum atomic E-state index is -0.964. The Balaban J connectivity index is 1.92. The second-order valence-electron chi connectivity index (χ2n) is 9.41. The van der Waals surface area contributed by atoms with Crippen molar-refractivity contribution in [3.63, 3.8) is 0 Å². The van der Waals surface area contributed by atoms with Crippen LogP contribution in [0.1, 0.15) is 56.1 Å². The zero-order valence-corrected chi connectivity index (χ0v) is 22.4. The number of methoxy groups -OCH3 is 1. The molecule has 8 nitrogen and oxygen atoms in total. The Bertz CT molecular complexity index is 1490. The van der Waals surface area contributed by atoms with Crippen LogP contribution in [-0.2, 0) is 9.53 Å². The fraction of sp³-hybridized carbons (Fsp3) is 0.286. The second kappa shape index (κ2) is 11.5. The van der Waals surface area contributed by atoms with Crippen molar-refractivity contribution >= 4 is 29.2 Å². The number of hydrogen-bond acceptors (Lipinski definition) is 6. The van der Waals surface area contributed by atoms with Crippen LogP contribution in [0.15, 0.2) is 53.5 Å². The van der Waals surface area contributed by atoms with Gasteiger partial charge in [0.25, 0.3) is 5.56 Å². The first-order chi connectivity index (χ1) is 17.9. The molecule has 1 heterocycles. The molecule has 1 N–H and O–H groups in total. The van der Waals surface area contributed by atoms with Crippen LogP contribution < -0.4 is 15.6 Å². The number of hydrogen-bond donors (Lipinski definition) is 1. The maximum absolute atomic E-state index is 14.6. The number of rotatable bonds is 7. The summed E-state index contributed by atoms with van der Waals surface area (Å²) in [5.74, 6) is -2.00. The molecule has 0 saturated heterocycles. The van der Waals surface area contributed by atoms with E-state index in [2.05, 4.69) is 11.4 Å². The fourth-order valence-electron chi connectivity index (χ4n) is 3.81. The molecule has 0 saturated carbocycles. The lowest BCUT2D eigenvalue weighted by Gasteiger charge is -2.21. The molecule has 1 unspecified atom stereocenters. The van der Waals surface area contributed by atoms with E-state index >= 15 is 0 Å². The van der Waals surface area contributed by atoms with E-state index in [-0.39, 0.29) is 23.4 Å². The first kappa shape index (κ1) is 28.4. The maximum Gasteiger partial charge on any atom is 0.341 e. The van der Waals surface area contributed by atoms with E-state index < -0.39 is 34.9 Å². The Morgan fingerprint density at radius 3 is 2.45 bits per heavy atom. The van der Waals surface area contributed by atoms with E-state index in [4.69, 9.17) is 21.1 Å². The quantitative estimate of drug-likeness (QED) is 0.384. The van der Waals surface area contributed by atoms with E-state index in [0.717, 1.165) is 6.07 Å². The Hall–Kier alpha value is -4.16. The number of nitrogens with one attached hydrogen (secondary N) is 1. The number of amides is 1. The monoisotopic (exact) mass is 539 g/mol. The van der Waals surface area contributed by atoms with Crippen LogP contribution in [0.4, 0.5) is 10.1 Å². The molecule has 0 bridgehead atoms. The summed E-state index contributed by atoms with van der Waals surface area (Å²) >= 11 is 6.11. The highest BCUT2D eigenvalue weighted by Gasteiger charge is 2.24. The Morgan fingerprint density at radius 2 is 1.87 bits per heavy atom. The number of esters is 1. The molecule has 1 amide bonds. The summed E-state index contributed by atoms with van der Waals surface area (Å²) < 4.78 is 26.5. The molecular formula is C28H27ClFN3O5. The van der Waals surface area contributed by atoms with Crippen LogP contribution in [0.3, 0.4) is 0 Å². The molecule has 0 spiro atoms. The van der Waals surface area contributed by atoms with E-state index in [1.807, 2.05) is 0 Å². The van der Waals surface area contributed by atoms with Gasteiger partial charge in [-0.1, -0.05) is 18.5 Å². The fourth-order valence-corrected chi connectivity index (χ4v) is 3.98. The third kappa shape index (κ3) is 6.39. The SMILES string of the molecule is CCC(C(=O)Nc1ccc(C(=O)OC(C)(C)C)c(F)c1)n1cc(OC)c(-c2cc(Cl)ccc2C#N)cc1=O. The summed E-state index contributed by atoms with van der Waals surface area (Å²) in [6, 6.07) is 10.7. The van der Waals surface area contributed by atoms with Gasteiger partial charge >= 0.3 is 5.97 Å². The van der Waals surface area contributed by atoms with E-state index in [1.54, 1.807) is 39.8 Å². The van der Waals surface area contributed by atoms with Gasteiger partial charge in [0.1, 0.15) is 23.2 Å². The minimum absolute atomic E-state index is 0.104. The van der Waals surface area contributed by atoms with Crippen molar-refractivity contribution in [2.75, 3.05) is 12.4 Å². The standard InChI is InChI=1S/C28H27ClFN3O5/c1-6-23(26(35)32-18-9-10-19(22(30)12-18)27(36)38-28(2,3)4)33-15-24(37-5)21(13-25(33)34)20-11-17(29)8-7-16(20)14-31/h7-13,15,23H,6H2,1-5H3,(H,32,35). The van der Waals surface area contributed by atoms with Crippen molar-refractivity contribution in [2.24, 2.45) is 0 Å². The summed E-state index contributed by atoms with van der Waals surface area (Å²) in [7, 11) is 1.40. The van der Waals surface area contributed by atoms with Gasteiger partial charge in [-0.15, -0.1) is 0 Å². The normalized spacial score (nSPS) is 11.8. The molecule has 1 atom stereocenters. The highest BCUT2D eigenvalue weighted by atomic mass is 35.5. The molecular weight excluding hydrogens is 513 g/mol. The van der Waals surface area contributed by atoms with Crippen LogP contribution in [-0.4, -0.2) is 29.2 Å². The number of carbonyl (C=O) groups is 2. The molecule has 0 radical (unpaired) electrons. The zero-order chi connectivity index (χ0) is 28.2. The van der Waals surface area contributed by atoms with Crippen LogP contribution in [0.25, 0.3) is 11.1 Å². The van der Waals surface area contributed by atoms with Crippen LogP contribution in [0.2, 0.25) is 5.02 Å². The van der Waals surface area contributed by atoms with Gasteiger partial charge in [-0.2, -0.15) is 5.26 Å². The molecule has 3 aromatic rings. The van der Waals surface area contributed by atoms with Gasteiger partial charge in [0.05, 0.1) is 30.5 Å². The number of pyridine rings is 1. The Morgan fingerprint density at radius 1 is 1.16 bits per heavy atom. The zero-order valence-electron chi connectivity index (χ0n) is 21.6. The maximum atomic E-state index is 14.6. The Kier molecular flexibility index (Phi) is 8.59. The molecule has 0 aliphatic carbocycles. The number of anilines is 1. The van der Waals surface area contributed by atoms with Crippen molar-refractivity contribution in [3.8, 4) is 22.9 Å². The van der Waals surface area contributed by atoms with Gasteiger partial charge < -0.3 is 14.8 Å². The molecule has 1 aromatic heterocycles. The number of nitriles is 1. The lowest BCUT2D eigenvalue weighted by molar-refractivity contribution is -0.119. The largest absolute Gasteiger partial charge is 0.495 e. The molecule has 38 heavy (non-hydrogen) atoms. The molecule has 0 aliphatic heterocycles. The second-order valence-corrected chi connectivity index (χ2v) is 9.85. The number of ether oxygens (including phenoxy) is 2. The molecule has 0 fully saturated rings. The summed E-state index contributed by atoms with van der Waals surface area (Å²) in [5, 5.41) is 12.5. The van der Waals surface area contributed by atoms with Crippen molar-refractivity contribution in [2.45, 2.75) is 45.8 Å². The van der Waals surface area contributed by atoms with Gasteiger partial charge in [-0.3, -0.25) is 14.2 Å². The summed E-state index contributed by atoms with van der Waals surface area (Å²) in [4.78, 5) is 38.5. The number of halogens is 2. The van der Waals surface area contributed by atoms with E-state index in [9.17, 15) is 24.0 Å². The molecule has 198 valence electrons. The highest BCUT2D eigenvalue weighted by Crippen LogP contribution is 2.33. The smallest absolute Gasteiger partial charge is 0.341 e. The number of carbonyl (C=O) groups excluding carboxylic acids is 2. The predicted octanol–water partition coefficient (Wildman–Crippen LogP) is 5.73. The first-order valence-electron chi connectivity index (χ1n) is 11.7. The van der Waals surface area contributed by atoms with Crippen molar-refractivity contribution < 1.29 is 23.5 Å². The minimum Gasteiger partial charge on any atom is -0.495 e. The van der Waals surface area contributed by atoms with Gasteiger partial charge in [0.15, 0.2) is 0 Å². The third-order valence-corrected chi connectivity index (χ3v) is 5.77. The number of aromatic nitrogens is 1. The van der Waals surface area contributed by atoms with Crippen molar-refractivity contribution in [3.05, 3.63) is 81.0 Å². The molecule has 3 rings (SSSR count). The first-order valence-corrected chi connectivity index (χ1v) is 12.1. The number of nitrogens with zero attached hydrogens (tertiary/aromatic N) is 2. The highest BCUT2D eigenvalue weighted by molar-refractivity contribution is 6.31. The van der Waals surface area contributed by atoms with Crippen LogP contribution >= 0.6 is 11.6 Å². The lowest BCUT2D eigenvalue weighted by Crippen LogP contribution is -2.32. The van der Waals surface area contributed by atoms with E-state index in [0.29, 0.717) is 21.7 Å². The van der Waals surface area contributed by atoms with Gasteiger partial charge in [0.2, 0.25) is 5.91 Å². The van der Waals surface area contributed by atoms with Crippen molar-refractivity contribution in [1.82, 2.24) is 4.57 Å². The third-order valence-electron chi connectivity index (χ3n) is 5.54. The number of benzene rings is 2. The molecule has 2 aromatic carbocycles. The topological polar surface area (TPSA) is 110 Å². The molecule has 0 aliphatic rings. The average molecular weight is 540 g/mol. The van der Waals surface area contributed by atoms with Gasteiger partial charge in [0, 0.05) is 27.9 Å². The van der Waals surface area contributed by atoms with E-state index in [1.165, 1.54) is 42.1 Å². The van der Waals surface area contributed by atoms with Gasteiger partial charge in [-0.25, -0.2) is 9.18 Å².